The lowest BCUT2D eigenvalue weighted by Gasteiger charge is -2.19. The summed E-state index contributed by atoms with van der Waals surface area (Å²) in [5.41, 5.74) is 5.41. The minimum absolute atomic E-state index is 0.236. The third-order valence-electron chi connectivity index (χ3n) is 2.03. The van der Waals surface area contributed by atoms with Gasteiger partial charge in [-0.15, -0.1) is 0 Å². The maximum Gasteiger partial charge on any atom is 0.227 e. The summed E-state index contributed by atoms with van der Waals surface area (Å²) in [5, 5.41) is 3.08. The first kappa shape index (κ1) is 10.6. The summed E-state index contributed by atoms with van der Waals surface area (Å²) in [6, 6.07) is 0.410. The van der Waals surface area contributed by atoms with Crippen LogP contribution >= 0.6 is 0 Å². The number of hydrogen-bond donors (Lipinski definition) is 2. The Morgan fingerprint density at radius 3 is 2.79 bits per heavy atom. The van der Waals surface area contributed by atoms with Crippen LogP contribution in [-0.4, -0.2) is 46.5 Å². The van der Waals surface area contributed by atoms with Crippen LogP contribution in [0.5, 0.6) is 0 Å². The number of hydrogen-bond acceptors (Lipinski definition) is 6. The van der Waals surface area contributed by atoms with Crippen LogP contribution in [0.3, 0.4) is 0 Å². The van der Waals surface area contributed by atoms with Crippen LogP contribution in [-0.2, 0) is 0 Å². The van der Waals surface area contributed by atoms with E-state index >= 15 is 0 Å². The number of nitrogens with one attached hydrogen (secondary N) is 1. The van der Waals surface area contributed by atoms with Gasteiger partial charge in [-0.3, -0.25) is 0 Å². The Morgan fingerprint density at radius 2 is 2.21 bits per heavy atom. The number of nitrogens with two attached hydrogens (primary N) is 1. The Balaban J connectivity index is 2.45. The van der Waals surface area contributed by atoms with E-state index in [1.807, 2.05) is 14.1 Å². The van der Waals surface area contributed by atoms with Crippen LogP contribution in [0.4, 0.5) is 11.9 Å². The van der Waals surface area contributed by atoms with Crippen molar-refractivity contribution in [3.05, 3.63) is 6.33 Å². The van der Waals surface area contributed by atoms with E-state index in [0.29, 0.717) is 12.0 Å². The molecule has 0 saturated carbocycles. The molecule has 0 bridgehead atoms. The van der Waals surface area contributed by atoms with Crippen molar-refractivity contribution in [3.63, 3.8) is 0 Å². The molecule has 0 fully saturated rings. The lowest BCUT2D eigenvalue weighted by Crippen LogP contribution is -2.31. The predicted molar refractivity (Wildman–Crippen MR) is 55.9 cm³/mol. The molecule has 14 heavy (non-hydrogen) atoms. The van der Waals surface area contributed by atoms with Gasteiger partial charge in [0.05, 0.1) is 0 Å². The van der Waals surface area contributed by atoms with Crippen molar-refractivity contribution in [1.82, 2.24) is 19.9 Å². The van der Waals surface area contributed by atoms with Crippen molar-refractivity contribution < 1.29 is 0 Å². The van der Waals surface area contributed by atoms with Crippen molar-refractivity contribution in [2.75, 3.05) is 31.7 Å². The Kier molecular flexibility index (Phi) is 3.58. The molecular weight excluding hydrogens is 180 g/mol. The van der Waals surface area contributed by atoms with E-state index in [4.69, 9.17) is 5.73 Å². The fraction of sp³-hybridized carbons (Fsp3) is 0.625. The summed E-state index contributed by atoms with van der Waals surface area (Å²) >= 11 is 0. The minimum Gasteiger partial charge on any atom is -0.368 e. The SMILES string of the molecule is CC(CNc1ncnc(N)n1)N(C)C. The number of anilines is 2. The van der Waals surface area contributed by atoms with Gasteiger partial charge in [0.2, 0.25) is 11.9 Å². The number of aromatic nitrogens is 3. The van der Waals surface area contributed by atoms with E-state index in [1.54, 1.807) is 0 Å². The number of nitrogens with zero attached hydrogens (tertiary/aromatic N) is 4. The van der Waals surface area contributed by atoms with E-state index in [2.05, 4.69) is 32.1 Å². The maximum atomic E-state index is 5.41. The molecule has 1 rings (SSSR count). The van der Waals surface area contributed by atoms with Crippen molar-refractivity contribution in [1.29, 1.82) is 0 Å². The summed E-state index contributed by atoms with van der Waals surface area (Å²) in [7, 11) is 4.04. The van der Waals surface area contributed by atoms with Crippen LogP contribution in [0.1, 0.15) is 6.92 Å². The Morgan fingerprint density at radius 1 is 1.50 bits per heavy atom. The topological polar surface area (TPSA) is 80.0 Å². The van der Waals surface area contributed by atoms with Gasteiger partial charge in [0.15, 0.2) is 0 Å². The van der Waals surface area contributed by atoms with Gasteiger partial charge in [-0.2, -0.15) is 4.98 Å². The highest BCUT2D eigenvalue weighted by Crippen LogP contribution is 1.99. The molecule has 0 aliphatic heterocycles. The molecule has 1 aromatic rings. The summed E-state index contributed by atoms with van der Waals surface area (Å²) < 4.78 is 0. The predicted octanol–water partition coefficient (Wildman–Crippen LogP) is -0.184. The third-order valence-corrected chi connectivity index (χ3v) is 2.03. The van der Waals surface area contributed by atoms with Crippen LogP contribution in [0.15, 0.2) is 6.33 Å². The van der Waals surface area contributed by atoms with Crippen molar-refractivity contribution in [2.45, 2.75) is 13.0 Å². The van der Waals surface area contributed by atoms with Gasteiger partial charge in [-0.25, -0.2) is 9.97 Å². The lowest BCUT2D eigenvalue weighted by atomic mass is 10.3. The van der Waals surface area contributed by atoms with E-state index in [9.17, 15) is 0 Å². The standard InChI is InChI=1S/C8H16N6/c1-6(14(2)3)4-10-8-12-5-11-7(9)13-8/h5-6H,4H2,1-3H3,(H3,9,10,11,12,13). The number of nitrogen functional groups attached to an aromatic ring is 1. The second kappa shape index (κ2) is 4.71. The molecule has 1 aromatic heterocycles. The van der Waals surface area contributed by atoms with E-state index in [1.165, 1.54) is 6.33 Å². The molecule has 1 atom stereocenters. The van der Waals surface area contributed by atoms with Gasteiger partial charge in [0, 0.05) is 12.6 Å². The quantitative estimate of drug-likeness (QED) is 0.695. The second-order valence-corrected chi connectivity index (χ2v) is 3.36. The van der Waals surface area contributed by atoms with Gasteiger partial charge in [0.25, 0.3) is 0 Å². The number of rotatable bonds is 4. The fourth-order valence-electron chi connectivity index (χ4n) is 0.816. The molecular formula is C8H16N6. The van der Waals surface area contributed by atoms with Crippen LogP contribution in [0, 0.1) is 0 Å². The first-order valence-electron chi connectivity index (χ1n) is 4.44. The monoisotopic (exact) mass is 196 g/mol. The minimum atomic E-state index is 0.236. The van der Waals surface area contributed by atoms with Crippen LogP contribution in [0.2, 0.25) is 0 Å². The van der Waals surface area contributed by atoms with Crippen molar-refractivity contribution >= 4 is 11.9 Å². The fourth-order valence-corrected chi connectivity index (χ4v) is 0.816. The molecule has 78 valence electrons. The third kappa shape index (κ3) is 3.14. The first-order valence-corrected chi connectivity index (χ1v) is 4.44. The van der Waals surface area contributed by atoms with Gasteiger partial charge >= 0.3 is 0 Å². The Labute approximate surface area is 83.6 Å². The molecule has 6 nitrogen and oxygen atoms in total. The number of likely N-dealkylation sites (N-methyl/N-ethyl adjacent to an activating group) is 1. The molecule has 1 heterocycles. The van der Waals surface area contributed by atoms with Crippen LogP contribution < -0.4 is 11.1 Å². The molecule has 0 aliphatic carbocycles. The molecule has 0 amide bonds. The van der Waals surface area contributed by atoms with E-state index < -0.39 is 0 Å². The smallest absolute Gasteiger partial charge is 0.227 e. The Hall–Kier alpha value is -1.43. The zero-order valence-electron chi connectivity index (χ0n) is 8.73. The van der Waals surface area contributed by atoms with E-state index in [-0.39, 0.29) is 5.95 Å². The second-order valence-electron chi connectivity index (χ2n) is 3.36. The van der Waals surface area contributed by atoms with Gasteiger partial charge in [-0.05, 0) is 21.0 Å². The molecule has 0 radical (unpaired) electrons. The highest BCUT2D eigenvalue weighted by Gasteiger charge is 2.04. The van der Waals surface area contributed by atoms with Gasteiger partial charge in [-0.1, -0.05) is 0 Å². The van der Waals surface area contributed by atoms with E-state index in [0.717, 1.165) is 6.54 Å². The normalized spacial score (nSPS) is 12.9. The summed E-state index contributed by atoms with van der Waals surface area (Å²) in [4.78, 5) is 13.7. The maximum absolute atomic E-state index is 5.41. The lowest BCUT2D eigenvalue weighted by molar-refractivity contribution is 0.325. The molecule has 6 heteroatoms. The van der Waals surface area contributed by atoms with Gasteiger partial charge < -0.3 is 16.0 Å². The highest BCUT2D eigenvalue weighted by molar-refractivity contribution is 5.28. The zero-order valence-corrected chi connectivity index (χ0v) is 8.73. The van der Waals surface area contributed by atoms with Crippen molar-refractivity contribution in [3.8, 4) is 0 Å². The zero-order chi connectivity index (χ0) is 10.6. The average molecular weight is 196 g/mol. The molecule has 0 spiro atoms. The molecule has 1 unspecified atom stereocenters. The molecule has 0 aromatic carbocycles. The summed E-state index contributed by atoms with van der Waals surface area (Å²) in [5.74, 6) is 0.756. The summed E-state index contributed by atoms with van der Waals surface area (Å²) in [6.07, 6.45) is 1.39. The van der Waals surface area contributed by atoms with Gasteiger partial charge in [0.1, 0.15) is 6.33 Å². The summed E-state index contributed by atoms with van der Waals surface area (Å²) in [6.45, 7) is 2.88. The highest BCUT2D eigenvalue weighted by atomic mass is 15.2. The van der Waals surface area contributed by atoms with Crippen molar-refractivity contribution in [2.24, 2.45) is 0 Å². The average Bonchev–Trinajstić information content (AvgIpc) is 2.14. The Bertz CT molecular complexity index is 287. The molecule has 0 saturated heterocycles. The molecule has 3 N–H and O–H groups in total. The first-order chi connectivity index (χ1) is 6.59. The largest absolute Gasteiger partial charge is 0.368 e. The molecule has 0 aliphatic rings. The van der Waals surface area contributed by atoms with Crippen LogP contribution in [0.25, 0.3) is 0 Å².